The Bertz CT molecular complexity index is 793. The second-order valence-electron chi connectivity index (χ2n) is 7.21. The first-order valence-electron chi connectivity index (χ1n) is 9.44. The van der Waals surface area contributed by atoms with Crippen LogP contribution in [0, 0.1) is 6.92 Å². The van der Waals surface area contributed by atoms with Gasteiger partial charge >= 0.3 is 0 Å². The molecule has 3 rings (SSSR count). The molecule has 0 saturated carbocycles. The standard InChI is InChI=1S/C22H27N3O2/c1-17-4-3-5-18(16-17)6-11-21(26)23-20-9-7-19(8-10-20)22(27)25-14-12-24(2)13-15-25/h3-5,7-10,16H,6,11-15H2,1-2H3,(H,23,26). The molecular weight excluding hydrogens is 338 g/mol. The van der Waals surface area contributed by atoms with E-state index in [0.717, 1.165) is 31.9 Å². The van der Waals surface area contributed by atoms with E-state index in [0.29, 0.717) is 18.4 Å². The number of benzene rings is 2. The van der Waals surface area contributed by atoms with Crippen molar-refractivity contribution in [2.75, 3.05) is 38.5 Å². The molecule has 1 aliphatic rings. The summed E-state index contributed by atoms with van der Waals surface area (Å²) >= 11 is 0. The number of likely N-dealkylation sites (N-methyl/N-ethyl adjacent to an activating group) is 1. The van der Waals surface area contributed by atoms with Crippen molar-refractivity contribution >= 4 is 17.5 Å². The lowest BCUT2D eigenvalue weighted by molar-refractivity contribution is -0.116. The summed E-state index contributed by atoms with van der Waals surface area (Å²) in [6.45, 7) is 5.37. The summed E-state index contributed by atoms with van der Waals surface area (Å²) in [7, 11) is 2.07. The highest BCUT2D eigenvalue weighted by molar-refractivity contribution is 5.96. The number of hydrogen-bond donors (Lipinski definition) is 1. The van der Waals surface area contributed by atoms with Crippen molar-refractivity contribution in [3.05, 3.63) is 65.2 Å². The lowest BCUT2D eigenvalue weighted by atomic mass is 10.1. The normalized spacial score (nSPS) is 14.8. The van der Waals surface area contributed by atoms with Gasteiger partial charge in [-0.2, -0.15) is 0 Å². The molecule has 2 aromatic rings. The first kappa shape index (κ1) is 19.1. The van der Waals surface area contributed by atoms with Crippen molar-refractivity contribution in [3.63, 3.8) is 0 Å². The Morgan fingerprint density at radius 1 is 1.00 bits per heavy atom. The number of hydrogen-bond acceptors (Lipinski definition) is 3. The molecule has 2 amide bonds. The highest BCUT2D eigenvalue weighted by Crippen LogP contribution is 2.14. The van der Waals surface area contributed by atoms with Gasteiger partial charge in [0.25, 0.3) is 5.91 Å². The first-order valence-corrected chi connectivity index (χ1v) is 9.44. The van der Waals surface area contributed by atoms with Gasteiger partial charge in [0, 0.05) is 43.9 Å². The number of aryl methyl sites for hydroxylation is 2. The second kappa shape index (κ2) is 8.82. The van der Waals surface area contributed by atoms with Crippen molar-refractivity contribution in [2.45, 2.75) is 19.8 Å². The zero-order chi connectivity index (χ0) is 19.2. The monoisotopic (exact) mass is 365 g/mol. The van der Waals surface area contributed by atoms with Gasteiger partial charge in [0.05, 0.1) is 0 Å². The van der Waals surface area contributed by atoms with E-state index in [2.05, 4.69) is 36.3 Å². The minimum Gasteiger partial charge on any atom is -0.336 e. The van der Waals surface area contributed by atoms with E-state index in [1.54, 1.807) is 24.3 Å². The number of rotatable bonds is 5. The molecule has 0 atom stereocenters. The Labute approximate surface area is 161 Å². The number of carbonyl (C=O) groups is 2. The van der Waals surface area contributed by atoms with Crippen molar-refractivity contribution in [1.82, 2.24) is 9.80 Å². The van der Waals surface area contributed by atoms with Crippen LogP contribution in [0.3, 0.4) is 0 Å². The van der Waals surface area contributed by atoms with E-state index in [9.17, 15) is 9.59 Å². The van der Waals surface area contributed by atoms with Crippen LogP contribution in [-0.4, -0.2) is 54.8 Å². The molecule has 5 heteroatoms. The molecule has 0 aromatic heterocycles. The maximum absolute atomic E-state index is 12.5. The van der Waals surface area contributed by atoms with Crippen LogP contribution in [0.2, 0.25) is 0 Å². The molecular formula is C22H27N3O2. The summed E-state index contributed by atoms with van der Waals surface area (Å²) in [4.78, 5) is 28.8. The Morgan fingerprint density at radius 2 is 1.70 bits per heavy atom. The number of nitrogens with zero attached hydrogens (tertiary/aromatic N) is 2. The maximum atomic E-state index is 12.5. The Morgan fingerprint density at radius 3 is 2.37 bits per heavy atom. The van der Waals surface area contributed by atoms with Crippen LogP contribution in [0.1, 0.15) is 27.9 Å². The molecule has 27 heavy (non-hydrogen) atoms. The largest absolute Gasteiger partial charge is 0.336 e. The number of nitrogens with one attached hydrogen (secondary N) is 1. The average molecular weight is 365 g/mol. The summed E-state index contributed by atoms with van der Waals surface area (Å²) in [5, 5.41) is 2.91. The van der Waals surface area contributed by atoms with Crippen LogP contribution in [0.4, 0.5) is 5.69 Å². The molecule has 1 heterocycles. The molecule has 142 valence electrons. The third kappa shape index (κ3) is 5.41. The van der Waals surface area contributed by atoms with Gasteiger partial charge in [-0.15, -0.1) is 0 Å². The highest BCUT2D eigenvalue weighted by atomic mass is 16.2. The van der Waals surface area contributed by atoms with E-state index in [-0.39, 0.29) is 11.8 Å². The van der Waals surface area contributed by atoms with E-state index in [1.807, 2.05) is 17.0 Å². The molecule has 0 unspecified atom stereocenters. The van der Waals surface area contributed by atoms with Crippen molar-refractivity contribution in [1.29, 1.82) is 0 Å². The topological polar surface area (TPSA) is 52.7 Å². The molecule has 1 fully saturated rings. The van der Waals surface area contributed by atoms with Gasteiger partial charge in [0.15, 0.2) is 0 Å². The molecule has 0 aliphatic carbocycles. The molecule has 1 aliphatic heterocycles. The summed E-state index contributed by atoms with van der Waals surface area (Å²) in [5.41, 5.74) is 3.75. The maximum Gasteiger partial charge on any atom is 0.253 e. The predicted molar refractivity (Wildman–Crippen MR) is 108 cm³/mol. The molecule has 5 nitrogen and oxygen atoms in total. The van der Waals surface area contributed by atoms with Gasteiger partial charge in [-0.05, 0) is 50.2 Å². The van der Waals surface area contributed by atoms with Crippen LogP contribution < -0.4 is 5.32 Å². The van der Waals surface area contributed by atoms with Crippen LogP contribution in [-0.2, 0) is 11.2 Å². The predicted octanol–water partition coefficient (Wildman–Crippen LogP) is 2.95. The summed E-state index contributed by atoms with van der Waals surface area (Å²) in [5.74, 6) is 0.0371. The van der Waals surface area contributed by atoms with E-state index in [1.165, 1.54) is 11.1 Å². The minimum atomic E-state index is -0.0188. The van der Waals surface area contributed by atoms with Crippen LogP contribution in [0.5, 0.6) is 0 Å². The Kier molecular flexibility index (Phi) is 6.24. The highest BCUT2D eigenvalue weighted by Gasteiger charge is 2.20. The van der Waals surface area contributed by atoms with Gasteiger partial charge in [-0.25, -0.2) is 0 Å². The van der Waals surface area contributed by atoms with Gasteiger partial charge in [-0.1, -0.05) is 29.8 Å². The van der Waals surface area contributed by atoms with Gasteiger partial charge in [0.2, 0.25) is 5.91 Å². The number of amides is 2. The summed E-state index contributed by atoms with van der Waals surface area (Å²) in [6.07, 6.45) is 1.15. The van der Waals surface area contributed by atoms with Crippen molar-refractivity contribution in [3.8, 4) is 0 Å². The van der Waals surface area contributed by atoms with Crippen molar-refractivity contribution < 1.29 is 9.59 Å². The molecule has 0 radical (unpaired) electrons. The summed E-state index contributed by atoms with van der Waals surface area (Å²) < 4.78 is 0. The SMILES string of the molecule is Cc1cccc(CCC(=O)Nc2ccc(C(=O)N3CCN(C)CC3)cc2)c1. The second-order valence-corrected chi connectivity index (χ2v) is 7.21. The van der Waals surface area contributed by atoms with E-state index < -0.39 is 0 Å². The smallest absolute Gasteiger partial charge is 0.253 e. The fourth-order valence-electron chi connectivity index (χ4n) is 3.24. The number of piperazine rings is 1. The lowest BCUT2D eigenvalue weighted by Crippen LogP contribution is -2.47. The zero-order valence-electron chi connectivity index (χ0n) is 16.1. The zero-order valence-corrected chi connectivity index (χ0v) is 16.1. The molecule has 1 saturated heterocycles. The third-order valence-corrected chi connectivity index (χ3v) is 4.93. The first-order chi connectivity index (χ1) is 13.0. The molecule has 0 bridgehead atoms. The quantitative estimate of drug-likeness (QED) is 0.886. The molecule has 0 spiro atoms. The van der Waals surface area contributed by atoms with Gasteiger partial charge in [-0.3, -0.25) is 9.59 Å². The number of carbonyl (C=O) groups excluding carboxylic acids is 2. The van der Waals surface area contributed by atoms with Crippen LogP contribution >= 0.6 is 0 Å². The fraction of sp³-hybridized carbons (Fsp3) is 0.364. The minimum absolute atomic E-state index is 0.0188. The summed E-state index contributed by atoms with van der Waals surface area (Å²) in [6, 6.07) is 15.4. The van der Waals surface area contributed by atoms with E-state index >= 15 is 0 Å². The van der Waals surface area contributed by atoms with Crippen LogP contribution in [0.15, 0.2) is 48.5 Å². The Hall–Kier alpha value is -2.66. The lowest BCUT2D eigenvalue weighted by Gasteiger charge is -2.32. The van der Waals surface area contributed by atoms with Crippen molar-refractivity contribution in [2.24, 2.45) is 0 Å². The van der Waals surface area contributed by atoms with Gasteiger partial charge < -0.3 is 15.1 Å². The third-order valence-electron chi connectivity index (χ3n) is 4.93. The van der Waals surface area contributed by atoms with E-state index in [4.69, 9.17) is 0 Å². The van der Waals surface area contributed by atoms with Gasteiger partial charge in [0.1, 0.15) is 0 Å². The van der Waals surface area contributed by atoms with Crippen LogP contribution in [0.25, 0.3) is 0 Å². The number of anilines is 1. The molecule has 2 aromatic carbocycles. The Balaban J connectivity index is 1.51. The fourth-order valence-corrected chi connectivity index (χ4v) is 3.24. The average Bonchev–Trinajstić information content (AvgIpc) is 2.67. The molecule has 1 N–H and O–H groups in total.